The Morgan fingerprint density at radius 2 is 1.93 bits per heavy atom. The lowest BCUT2D eigenvalue weighted by Crippen LogP contribution is -1.91. The van der Waals surface area contributed by atoms with Crippen molar-refractivity contribution >= 4 is 31.9 Å². The number of halogens is 3. The molecule has 0 aliphatic carbocycles. The van der Waals surface area contributed by atoms with Gasteiger partial charge >= 0.3 is 0 Å². The van der Waals surface area contributed by atoms with E-state index in [9.17, 15) is 4.39 Å². The summed E-state index contributed by atoms with van der Waals surface area (Å²) in [5, 5.41) is 0. The van der Waals surface area contributed by atoms with Crippen LogP contribution < -0.4 is 0 Å². The number of aromatic nitrogens is 2. The molecule has 0 spiro atoms. The lowest BCUT2D eigenvalue weighted by atomic mass is 10.2. The molecule has 2 nitrogen and oxygen atoms in total. The van der Waals surface area contributed by atoms with E-state index in [2.05, 4.69) is 41.8 Å². The smallest absolute Gasteiger partial charge is 0.163 e. The highest BCUT2D eigenvalue weighted by Gasteiger charge is 2.08. The summed E-state index contributed by atoms with van der Waals surface area (Å²) in [6.45, 7) is 0. The summed E-state index contributed by atoms with van der Waals surface area (Å²) in [7, 11) is 0. The van der Waals surface area contributed by atoms with E-state index in [4.69, 9.17) is 0 Å². The monoisotopic (exact) mass is 330 g/mol. The molecular formula is C10H5Br2FN2. The molecule has 0 N–H and O–H groups in total. The Morgan fingerprint density at radius 3 is 2.67 bits per heavy atom. The standard InChI is InChI=1S/C10H5Br2FN2/c11-6-1-2-8(13)7(5-6)10-14-4-3-9(12)15-10/h1-5H. The Balaban J connectivity index is 2.58. The molecule has 0 atom stereocenters. The van der Waals surface area contributed by atoms with Gasteiger partial charge in [-0.25, -0.2) is 14.4 Å². The van der Waals surface area contributed by atoms with E-state index >= 15 is 0 Å². The zero-order chi connectivity index (χ0) is 10.8. The van der Waals surface area contributed by atoms with Crippen LogP contribution in [0.25, 0.3) is 11.4 Å². The van der Waals surface area contributed by atoms with E-state index < -0.39 is 0 Å². The van der Waals surface area contributed by atoms with Crippen molar-refractivity contribution < 1.29 is 4.39 Å². The molecule has 2 rings (SSSR count). The second-order valence-corrected chi connectivity index (χ2v) is 4.56. The lowest BCUT2D eigenvalue weighted by molar-refractivity contribution is 0.629. The lowest BCUT2D eigenvalue weighted by Gasteiger charge is -2.02. The number of nitrogens with zero attached hydrogens (tertiary/aromatic N) is 2. The third-order valence-electron chi connectivity index (χ3n) is 1.79. The minimum atomic E-state index is -0.337. The average Bonchev–Trinajstić information content (AvgIpc) is 2.22. The summed E-state index contributed by atoms with van der Waals surface area (Å²) < 4.78 is 14.9. The number of rotatable bonds is 1. The SMILES string of the molecule is Fc1ccc(Br)cc1-c1nccc(Br)n1. The van der Waals surface area contributed by atoms with Gasteiger partial charge in [0.05, 0.1) is 5.56 Å². The average molecular weight is 332 g/mol. The van der Waals surface area contributed by atoms with Crippen LogP contribution in [0.15, 0.2) is 39.5 Å². The second kappa shape index (κ2) is 4.37. The largest absolute Gasteiger partial charge is 0.236 e. The molecule has 0 amide bonds. The van der Waals surface area contributed by atoms with Crippen molar-refractivity contribution in [3.05, 3.63) is 45.4 Å². The Labute approximate surface area is 103 Å². The van der Waals surface area contributed by atoms with Crippen molar-refractivity contribution in [3.63, 3.8) is 0 Å². The Bertz CT molecular complexity index is 503. The molecule has 0 fully saturated rings. The van der Waals surface area contributed by atoms with Gasteiger partial charge in [0.25, 0.3) is 0 Å². The molecule has 76 valence electrons. The number of hydrogen-bond acceptors (Lipinski definition) is 2. The van der Waals surface area contributed by atoms with Crippen LogP contribution in [0.4, 0.5) is 4.39 Å². The van der Waals surface area contributed by atoms with Gasteiger partial charge in [0.2, 0.25) is 0 Å². The molecule has 0 aliphatic rings. The Hall–Kier alpha value is -0.810. The third kappa shape index (κ3) is 2.41. The fourth-order valence-electron chi connectivity index (χ4n) is 1.14. The molecule has 15 heavy (non-hydrogen) atoms. The molecule has 0 aliphatic heterocycles. The van der Waals surface area contributed by atoms with Gasteiger partial charge < -0.3 is 0 Å². The molecule has 0 radical (unpaired) electrons. The second-order valence-electron chi connectivity index (χ2n) is 2.83. The summed E-state index contributed by atoms with van der Waals surface area (Å²) in [4.78, 5) is 8.10. The van der Waals surface area contributed by atoms with Crippen LogP contribution in [0.2, 0.25) is 0 Å². The van der Waals surface area contributed by atoms with Gasteiger partial charge in [-0.15, -0.1) is 0 Å². The van der Waals surface area contributed by atoms with Crippen LogP contribution in [0.5, 0.6) is 0 Å². The van der Waals surface area contributed by atoms with Gasteiger partial charge in [0.1, 0.15) is 10.4 Å². The van der Waals surface area contributed by atoms with Gasteiger partial charge in [-0.2, -0.15) is 0 Å². The van der Waals surface area contributed by atoms with Gasteiger partial charge in [-0.3, -0.25) is 0 Å². The fraction of sp³-hybridized carbons (Fsp3) is 0. The van der Waals surface area contributed by atoms with E-state index in [1.165, 1.54) is 6.07 Å². The van der Waals surface area contributed by atoms with Crippen LogP contribution in [0.1, 0.15) is 0 Å². The van der Waals surface area contributed by atoms with Gasteiger partial charge in [-0.05, 0) is 40.2 Å². The molecule has 0 unspecified atom stereocenters. The first-order valence-electron chi connectivity index (χ1n) is 4.11. The van der Waals surface area contributed by atoms with E-state index in [-0.39, 0.29) is 5.82 Å². The first-order valence-corrected chi connectivity index (χ1v) is 5.69. The van der Waals surface area contributed by atoms with Crippen molar-refractivity contribution in [2.24, 2.45) is 0 Å². The fourth-order valence-corrected chi connectivity index (χ4v) is 1.78. The number of benzene rings is 1. The van der Waals surface area contributed by atoms with Crippen LogP contribution in [0.3, 0.4) is 0 Å². The molecule has 1 heterocycles. The summed E-state index contributed by atoms with van der Waals surface area (Å²) >= 11 is 6.50. The van der Waals surface area contributed by atoms with Gasteiger partial charge in [0, 0.05) is 10.7 Å². The van der Waals surface area contributed by atoms with E-state index in [0.29, 0.717) is 16.0 Å². The molecule has 5 heteroatoms. The highest BCUT2D eigenvalue weighted by atomic mass is 79.9. The first kappa shape index (κ1) is 10.7. The minimum absolute atomic E-state index is 0.337. The molecule has 2 aromatic rings. The Morgan fingerprint density at radius 1 is 1.13 bits per heavy atom. The van der Waals surface area contributed by atoms with Crippen molar-refractivity contribution in [3.8, 4) is 11.4 Å². The van der Waals surface area contributed by atoms with E-state index in [0.717, 1.165) is 4.47 Å². The zero-order valence-corrected chi connectivity index (χ0v) is 10.6. The Kier molecular flexibility index (Phi) is 3.11. The minimum Gasteiger partial charge on any atom is -0.236 e. The molecule has 1 aromatic heterocycles. The quantitative estimate of drug-likeness (QED) is 0.743. The summed E-state index contributed by atoms with van der Waals surface area (Å²) in [6, 6.07) is 6.36. The van der Waals surface area contributed by atoms with Crippen LogP contribution in [-0.4, -0.2) is 9.97 Å². The highest BCUT2D eigenvalue weighted by molar-refractivity contribution is 9.10. The number of hydrogen-bond donors (Lipinski definition) is 0. The van der Waals surface area contributed by atoms with Crippen molar-refractivity contribution in [1.82, 2.24) is 9.97 Å². The maximum atomic E-state index is 13.5. The van der Waals surface area contributed by atoms with E-state index in [1.807, 2.05) is 0 Å². The van der Waals surface area contributed by atoms with E-state index in [1.54, 1.807) is 24.4 Å². The third-order valence-corrected chi connectivity index (χ3v) is 2.73. The van der Waals surface area contributed by atoms with Gasteiger partial charge in [0.15, 0.2) is 5.82 Å². The summed E-state index contributed by atoms with van der Waals surface area (Å²) in [5.41, 5.74) is 0.380. The summed E-state index contributed by atoms with van der Waals surface area (Å²) in [5.74, 6) is 0.0273. The van der Waals surface area contributed by atoms with Crippen LogP contribution >= 0.6 is 31.9 Å². The molecule has 0 saturated heterocycles. The predicted octanol–water partition coefficient (Wildman–Crippen LogP) is 3.81. The normalized spacial score (nSPS) is 10.3. The van der Waals surface area contributed by atoms with Crippen molar-refractivity contribution in [2.45, 2.75) is 0 Å². The van der Waals surface area contributed by atoms with Crippen LogP contribution in [0, 0.1) is 5.82 Å². The maximum absolute atomic E-state index is 13.5. The maximum Gasteiger partial charge on any atom is 0.163 e. The highest BCUT2D eigenvalue weighted by Crippen LogP contribution is 2.23. The zero-order valence-electron chi connectivity index (χ0n) is 7.42. The molecule has 1 aromatic carbocycles. The first-order chi connectivity index (χ1) is 7.16. The molecular weight excluding hydrogens is 327 g/mol. The van der Waals surface area contributed by atoms with Crippen LogP contribution in [-0.2, 0) is 0 Å². The summed E-state index contributed by atoms with van der Waals surface area (Å²) in [6.07, 6.45) is 1.58. The van der Waals surface area contributed by atoms with Crippen molar-refractivity contribution in [1.29, 1.82) is 0 Å². The topological polar surface area (TPSA) is 25.8 Å². The predicted molar refractivity (Wildman–Crippen MR) is 62.8 cm³/mol. The molecule has 0 saturated carbocycles. The molecule has 0 bridgehead atoms. The van der Waals surface area contributed by atoms with Crippen molar-refractivity contribution in [2.75, 3.05) is 0 Å². The van der Waals surface area contributed by atoms with Gasteiger partial charge in [-0.1, -0.05) is 15.9 Å².